The van der Waals surface area contributed by atoms with Crippen molar-refractivity contribution in [2.75, 3.05) is 5.32 Å². The Hall–Kier alpha value is -2.90. The highest BCUT2D eigenvalue weighted by atomic mass is 16.5. The number of aryl methyl sites for hydroxylation is 2. The molecule has 3 N–H and O–H groups in total. The van der Waals surface area contributed by atoms with Gasteiger partial charge in [-0.3, -0.25) is 19.7 Å². The van der Waals surface area contributed by atoms with Crippen LogP contribution in [0.15, 0.2) is 18.2 Å². The molecule has 0 spiro atoms. The summed E-state index contributed by atoms with van der Waals surface area (Å²) in [4.78, 5) is 46.4. The van der Waals surface area contributed by atoms with Gasteiger partial charge in [0.15, 0.2) is 6.10 Å². The van der Waals surface area contributed by atoms with Crippen LogP contribution in [0, 0.1) is 13.8 Å². The second kappa shape index (κ2) is 7.78. The minimum absolute atomic E-state index is 0.0839. The van der Waals surface area contributed by atoms with E-state index in [1.165, 1.54) is 6.92 Å². The molecule has 1 saturated heterocycles. The summed E-state index contributed by atoms with van der Waals surface area (Å²) in [5.74, 6) is -1.52. The molecule has 1 heterocycles. The van der Waals surface area contributed by atoms with Gasteiger partial charge >= 0.3 is 12.0 Å². The average molecular weight is 347 g/mol. The molecule has 0 saturated carbocycles. The lowest BCUT2D eigenvalue weighted by Gasteiger charge is -2.15. The molecule has 0 aliphatic carbocycles. The van der Waals surface area contributed by atoms with Gasteiger partial charge in [0.1, 0.15) is 6.04 Å². The van der Waals surface area contributed by atoms with Crippen molar-refractivity contribution in [3.05, 3.63) is 29.3 Å². The molecule has 8 nitrogen and oxygen atoms in total. The predicted octanol–water partition coefficient (Wildman–Crippen LogP) is 1.16. The first-order chi connectivity index (χ1) is 11.8. The van der Waals surface area contributed by atoms with Crippen molar-refractivity contribution in [2.45, 2.75) is 45.8 Å². The monoisotopic (exact) mass is 347 g/mol. The molecule has 2 atom stereocenters. The van der Waals surface area contributed by atoms with E-state index in [0.29, 0.717) is 5.69 Å². The van der Waals surface area contributed by atoms with Gasteiger partial charge in [-0.2, -0.15) is 0 Å². The second-order valence-corrected chi connectivity index (χ2v) is 5.99. The van der Waals surface area contributed by atoms with Crippen LogP contribution in [0.1, 0.15) is 30.9 Å². The van der Waals surface area contributed by atoms with Gasteiger partial charge in [-0.15, -0.1) is 0 Å². The Balaban J connectivity index is 1.82. The summed E-state index contributed by atoms with van der Waals surface area (Å²) in [6.07, 6.45) is -0.944. The van der Waals surface area contributed by atoms with Crippen molar-refractivity contribution in [2.24, 2.45) is 0 Å². The Morgan fingerprint density at radius 1 is 1.28 bits per heavy atom. The minimum atomic E-state index is -0.973. The fourth-order valence-corrected chi connectivity index (χ4v) is 2.34. The Bertz CT molecular complexity index is 716. The summed E-state index contributed by atoms with van der Waals surface area (Å²) in [6.45, 7) is 5.26. The molecule has 25 heavy (non-hydrogen) atoms. The normalized spacial score (nSPS) is 17.5. The first-order valence-corrected chi connectivity index (χ1v) is 7.95. The number of benzene rings is 1. The third-order valence-electron chi connectivity index (χ3n) is 3.82. The molecule has 1 aliphatic heterocycles. The number of ether oxygens (including phenoxy) is 1. The zero-order valence-corrected chi connectivity index (χ0v) is 14.3. The number of hydrogen-bond donors (Lipinski definition) is 3. The maximum absolute atomic E-state index is 12.2. The van der Waals surface area contributed by atoms with Gasteiger partial charge in [-0.05, 0) is 44.4 Å². The van der Waals surface area contributed by atoms with Crippen molar-refractivity contribution >= 4 is 29.5 Å². The lowest BCUT2D eigenvalue weighted by molar-refractivity contribution is -0.153. The highest BCUT2D eigenvalue weighted by Gasteiger charge is 2.30. The summed E-state index contributed by atoms with van der Waals surface area (Å²) in [7, 11) is 0. The molecule has 8 heteroatoms. The number of amides is 4. The number of carbonyl (C=O) groups excluding carboxylic acids is 4. The number of anilines is 1. The number of rotatable bonds is 6. The summed E-state index contributed by atoms with van der Waals surface area (Å²) in [5.41, 5.74) is 2.57. The van der Waals surface area contributed by atoms with Crippen LogP contribution in [0.2, 0.25) is 0 Å². The van der Waals surface area contributed by atoms with Crippen LogP contribution in [0.5, 0.6) is 0 Å². The molecular formula is C17H21N3O5. The zero-order chi connectivity index (χ0) is 18.6. The summed E-state index contributed by atoms with van der Waals surface area (Å²) < 4.78 is 5.08. The number of esters is 1. The maximum Gasteiger partial charge on any atom is 0.322 e. The predicted molar refractivity (Wildman–Crippen MR) is 89.8 cm³/mol. The van der Waals surface area contributed by atoms with Gasteiger partial charge < -0.3 is 15.4 Å². The van der Waals surface area contributed by atoms with E-state index in [-0.39, 0.29) is 12.8 Å². The number of nitrogens with one attached hydrogen (secondary N) is 3. The molecular weight excluding hydrogens is 326 g/mol. The lowest BCUT2D eigenvalue weighted by Crippen LogP contribution is -2.32. The topological polar surface area (TPSA) is 114 Å². The Morgan fingerprint density at radius 2 is 2.00 bits per heavy atom. The van der Waals surface area contributed by atoms with E-state index >= 15 is 0 Å². The first-order valence-electron chi connectivity index (χ1n) is 7.95. The van der Waals surface area contributed by atoms with E-state index in [1.54, 1.807) is 0 Å². The van der Waals surface area contributed by atoms with E-state index < -0.39 is 36.0 Å². The smallest absolute Gasteiger partial charge is 0.322 e. The van der Waals surface area contributed by atoms with Crippen LogP contribution < -0.4 is 16.0 Å². The van der Waals surface area contributed by atoms with Crippen molar-refractivity contribution < 1.29 is 23.9 Å². The van der Waals surface area contributed by atoms with E-state index in [0.717, 1.165) is 11.1 Å². The van der Waals surface area contributed by atoms with Crippen molar-refractivity contribution in [3.8, 4) is 0 Å². The molecule has 4 amide bonds. The van der Waals surface area contributed by atoms with Crippen LogP contribution in [0.4, 0.5) is 10.5 Å². The van der Waals surface area contributed by atoms with Crippen LogP contribution in [-0.2, 0) is 19.1 Å². The molecule has 1 aromatic rings. The van der Waals surface area contributed by atoms with E-state index in [2.05, 4.69) is 16.0 Å². The Morgan fingerprint density at radius 3 is 2.64 bits per heavy atom. The largest absolute Gasteiger partial charge is 0.453 e. The highest BCUT2D eigenvalue weighted by Crippen LogP contribution is 2.17. The molecule has 0 aromatic heterocycles. The molecule has 2 rings (SSSR count). The molecule has 1 aromatic carbocycles. The third kappa shape index (κ3) is 5.03. The van der Waals surface area contributed by atoms with Gasteiger partial charge in [0.05, 0.1) is 0 Å². The van der Waals surface area contributed by atoms with Gasteiger partial charge in [0.25, 0.3) is 11.8 Å². The van der Waals surface area contributed by atoms with Crippen molar-refractivity contribution in [3.63, 3.8) is 0 Å². The summed E-state index contributed by atoms with van der Waals surface area (Å²) in [5, 5.41) is 7.20. The molecule has 1 fully saturated rings. The fourth-order valence-electron chi connectivity index (χ4n) is 2.34. The van der Waals surface area contributed by atoms with Crippen molar-refractivity contribution in [1.29, 1.82) is 0 Å². The van der Waals surface area contributed by atoms with E-state index in [9.17, 15) is 19.2 Å². The minimum Gasteiger partial charge on any atom is -0.453 e. The Kier molecular flexibility index (Phi) is 5.74. The van der Waals surface area contributed by atoms with Gasteiger partial charge in [-0.25, -0.2) is 4.79 Å². The lowest BCUT2D eigenvalue weighted by atomic mass is 10.1. The molecule has 0 unspecified atom stereocenters. The number of imide groups is 1. The molecule has 134 valence electrons. The number of urea groups is 1. The van der Waals surface area contributed by atoms with Gasteiger partial charge in [-0.1, -0.05) is 12.1 Å². The van der Waals surface area contributed by atoms with Crippen LogP contribution in [-0.4, -0.2) is 36.0 Å². The molecule has 0 bridgehead atoms. The molecule has 0 radical (unpaired) electrons. The third-order valence-corrected chi connectivity index (χ3v) is 3.82. The molecule has 1 aliphatic rings. The summed E-state index contributed by atoms with van der Waals surface area (Å²) >= 11 is 0. The fraction of sp³-hybridized carbons (Fsp3) is 0.412. The Labute approximate surface area is 145 Å². The highest BCUT2D eigenvalue weighted by molar-refractivity contribution is 6.04. The quantitative estimate of drug-likeness (QED) is 0.528. The SMILES string of the molecule is Cc1ccc(C)c(NC(=O)[C@@H](C)OC(=O)CC[C@H]2NC(=O)NC2=O)c1. The van der Waals surface area contributed by atoms with Gasteiger partial charge in [0, 0.05) is 12.1 Å². The van der Waals surface area contributed by atoms with Crippen molar-refractivity contribution in [1.82, 2.24) is 10.6 Å². The zero-order valence-electron chi connectivity index (χ0n) is 14.3. The van der Waals surface area contributed by atoms with Crippen LogP contribution in [0.25, 0.3) is 0 Å². The average Bonchev–Trinajstić information content (AvgIpc) is 2.86. The van der Waals surface area contributed by atoms with Crippen LogP contribution in [0.3, 0.4) is 0 Å². The standard InChI is InChI=1S/C17H21N3O5/c1-9-4-5-10(2)13(8-9)18-15(22)11(3)25-14(21)7-6-12-16(23)20-17(24)19-12/h4-5,8,11-12H,6-7H2,1-3H3,(H,18,22)(H2,19,20,23,24)/t11-,12-/m1/s1. The second-order valence-electron chi connectivity index (χ2n) is 5.99. The summed E-state index contributed by atoms with van der Waals surface area (Å²) in [6, 6.07) is 4.33. The van der Waals surface area contributed by atoms with Gasteiger partial charge in [0.2, 0.25) is 0 Å². The van der Waals surface area contributed by atoms with E-state index in [4.69, 9.17) is 4.74 Å². The van der Waals surface area contributed by atoms with Crippen LogP contribution >= 0.6 is 0 Å². The maximum atomic E-state index is 12.2. The number of carbonyl (C=O) groups is 4. The number of hydrogen-bond acceptors (Lipinski definition) is 5. The first kappa shape index (κ1) is 18.4. The van der Waals surface area contributed by atoms with E-state index in [1.807, 2.05) is 32.0 Å².